The third-order valence-electron chi connectivity index (χ3n) is 4.82. The number of amides is 1. The van der Waals surface area contributed by atoms with Crippen LogP contribution in [0.5, 0.6) is 5.75 Å². The van der Waals surface area contributed by atoms with Crippen LogP contribution in [0, 0.1) is 0 Å². The summed E-state index contributed by atoms with van der Waals surface area (Å²) in [5.74, 6) is 0.427. The Kier molecular flexibility index (Phi) is 6.09. The molecule has 0 bridgehead atoms. The van der Waals surface area contributed by atoms with E-state index in [1.165, 1.54) is 11.2 Å². The fourth-order valence-corrected chi connectivity index (χ4v) is 3.27. The molecule has 2 heterocycles. The number of nitrogens with zero attached hydrogens (tertiary/aromatic N) is 4. The van der Waals surface area contributed by atoms with Gasteiger partial charge in [0, 0.05) is 18.2 Å². The van der Waals surface area contributed by atoms with Crippen molar-refractivity contribution in [2.24, 2.45) is 0 Å². The summed E-state index contributed by atoms with van der Waals surface area (Å²) in [7, 11) is 1.61. The molecular weight excluding hydrogens is 396 g/mol. The van der Waals surface area contributed by atoms with Gasteiger partial charge in [0.1, 0.15) is 17.7 Å². The molecule has 31 heavy (non-hydrogen) atoms. The van der Waals surface area contributed by atoms with Crippen LogP contribution in [0.4, 0.5) is 0 Å². The number of hydrogen-bond donors (Lipinski definition) is 1. The number of methoxy groups -OCH3 is 1. The Labute approximate surface area is 179 Å². The van der Waals surface area contributed by atoms with Crippen LogP contribution in [0.2, 0.25) is 0 Å². The van der Waals surface area contributed by atoms with E-state index < -0.39 is 0 Å². The minimum Gasteiger partial charge on any atom is -0.497 e. The number of hydrogen-bond acceptors (Lipinski definition) is 6. The van der Waals surface area contributed by atoms with Crippen molar-refractivity contribution in [1.29, 1.82) is 0 Å². The van der Waals surface area contributed by atoms with E-state index in [0.29, 0.717) is 5.69 Å². The van der Waals surface area contributed by atoms with Crippen LogP contribution >= 0.6 is 0 Å². The molecule has 8 heteroatoms. The maximum Gasteiger partial charge on any atom is 0.274 e. The van der Waals surface area contributed by atoms with E-state index in [2.05, 4.69) is 10.3 Å². The normalized spacial score (nSPS) is 10.8. The Balaban J connectivity index is 1.73. The summed E-state index contributed by atoms with van der Waals surface area (Å²) in [6.45, 7) is 0.196. The van der Waals surface area contributed by atoms with E-state index in [0.717, 1.165) is 22.7 Å². The van der Waals surface area contributed by atoms with Gasteiger partial charge in [0.15, 0.2) is 5.69 Å². The number of carbonyl (C=O) groups excluding carboxylic acids is 1. The molecule has 0 aliphatic heterocycles. The number of aliphatic hydroxyl groups is 1. The van der Waals surface area contributed by atoms with Gasteiger partial charge in [0.2, 0.25) is 0 Å². The van der Waals surface area contributed by atoms with E-state index in [9.17, 15) is 9.90 Å². The number of aromatic nitrogens is 3. The molecule has 0 aliphatic rings. The summed E-state index contributed by atoms with van der Waals surface area (Å²) in [4.78, 5) is 14.7. The van der Waals surface area contributed by atoms with Gasteiger partial charge >= 0.3 is 0 Å². The number of rotatable bonds is 8. The van der Waals surface area contributed by atoms with Crippen LogP contribution in [0.25, 0.3) is 16.9 Å². The SMILES string of the molecule is COc1ccc(-n2nc(C(=O)N(CCO)Cc3ccon3)cc2-c2ccccc2)cc1. The monoisotopic (exact) mass is 418 g/mol. The molecule has 0 saturated carbocycles. The molecular formula is C23H22N4O4. The summed E-state index contributed by atoms with van der Waals surface area (Å²) in [6, 6.07) is 20.6. The number of carbonyl (C=O) groups is 1. The molecule has 0 aliphatic carbocycles. The van der Waals surface area contributed by atoms with Crippen LogP contribution in [0.3, 0.4) is 0 Å². The zero-order valence-electron chi connectivity index (χ0n) is 17.0. The predicted octanol–water partition coefficient (Wildman–Crippen LogP) is 3.17. The van der Waals surface area contributed by atoms with Gasteiger partial charge < -0.3 is 19.3 Å². The van der Waals surface area contributed by atoms with Gasteiger partial charge in [0.05, 0.1) is 31.6 Å². The molecule has 0 radical (unpaired) electrons. The molecule has 1 amide bonds. The minimum absolute atomic E-state index is 0.155. The van der Waals surface area contributed by atoms with Gasteiger partial charge in [-0.15, -0.1) is 0 Å². The maximum atomic E-state index is 13.3. The van der Waals surface area contributed by atoms with Gasteiger partial charge in [-0.25, -0.2) is 4.68 Å². The summed E-state index contributed by atoms with van der Waals surface area (Å²) in [5.41, 5.74) is 3.37. The molecule has 0 spiro atoms. The van der Waals surface area contributed by atoms with E-state index in [1.807, 2.05) is 54.6 Å². The molecule has 2 aromatic carbocycles. The molecule has 1 N–H and O–H groups in total. The van der Waals surface area contributed by atoms with E-state index >= 15 is 0 Å². The Morgan fingerprint density at radius 3 is 2.55 bits per heavy atom. The largest absolute Gasteiger partial charge is 0.497 e. The predicted molar refractivity (Wildman–Crippen MR) is 114 cm³/mol. The number of ether oxygens (including phenoxy) is 1. The van der Waals surface area contributed by atoms with Gasteiger partial charge in [0.25, 0.3) is 5.91 Å². The van der Waals surface area contributed by atoms with Crippen LogP contribution in [-0.2, 0) is 6.54 Å². The van der Waals surface area contributed by atoms with Crippen molar-refractivity contribution in [3.05, 3.63) is 84.4 Å². The lowest BCUT2D eigenvalue weighted by Gasteiger charge is -2.19. The highest BCUT2D eigenvalue weighted by atomic mass is 16.5. The molecule has 8 nitrogen and oxygen atoms in total. The summed E-state index contributed by atoms with van der Waals surface area (Å²) in [5, 5.41) is 17.9. The van der Waals surface area contributed by atoms with Crippen molar-refractivity contribution in [1.82, 2.24) is 19.8 Å². The Morgan fingerprint density at radius 2 is 1.90 bits per heavy atom. The highest BCUT2D eigenvalue weighted by Gasteiger charge is 2.22. The number of benzene rings is 2. The van der Waals surface area contributed by atoms with E-state index in [4.69, 9.17) is 9.26 Å². The second kappa shape index (κ2) is 9.27. The fourth-order valence-electron chi connectivity index (χ4n) is 3.27. The van der Waals surface area contributed by atoms with Crippen molar-refractivity contribution in [3.8, 4) is 22.7 Å². The first-order chi connectivity index (χ1) is 15.2. The zero-order valence-corrected chi connectivity index (χ0v) is 17.0. The second-order valence-corrected chi connectivity index (χ2v) is 6.83. The minimum atomic E-state index is -0.304. The fraction of sp³-hybridized carbons (Fsp3) is 0.174. The van der Waals surface area contributed by atoms with Crippen LogP contribution < -0.4 is 4.74 Å². The number of aliphatic hydroxyl groups excluding tert-OH is 1. The third-order valence-corrected chi connectivity index (χ3v) is 4.82. The molecule has 0 fully saturated rings. The summed E-state index contributed by atoms with van der Waals surface area (Å²) < 4.78 is 11.8. The highest BCUT2D eigenvalue weighted by molar-refractivity contribution is 5.93. The molecule has 4 rings (SSSR count). The third kappa shape index (κ3) is 4.49. The van der Waals surface area contributed by atoms with Crippen molar-refractivity contribution in [2.75, 3.05) is 20.3 Å². The smallest absolute Gasteiger partial charge is 0.274 e. The van der Waals surface area contributed by atoms with Crippen LogP contribution in [-0.4, -0.2) is 51.1 Å². The first kappa shape index (κ1) is 20.4. The van der Waals surface area contributed by atoms with Crippen LogP contribution in [0.15, 0.2) is 77.5 Å². The van der Waals surface area contributed by atoms with Gasteiger partial charge in [-0.05, 0) is 30.3 Å². The lowest BCUT2D eigenvalue weighted by atomic mass is 10.1. The molecule has 2 aromatic heterocycles. The Morgan fingerprint density at radius 1 is 1.13 bits per heavy atom. The molecule has 4 aromatic rings. The quantitative estimate of drug-likeness (QED) is 0.472. The van der Waals surface area contributed by atoms with Crippen molar-refractivity contribution in [2.45, 2.75) is 6.54 Å². The second-order valence-electron chi connectivity index (χ2n) is 6.83. The maximum absolute atomic E-state index is 13.3. The average molecular weight is 418 g/mol. The Hall–Kier alpha value is -3.91. The van der Waals surface area contributed by atoms with E-state index in [-0.39, 0.29) is 31.3 Å². The lowest BCUT2D eigenvalue weighted by molar-refractivity contribution is 0.0697. The van der Waals surface area contributed by atoms with Gasteiger partial charge in [-0.2, -0.15) is 5.10 Å². The lowest BCUT2D eigenvalue weighted by Crippen LogP contribution is -2.33. The standard InChI is InChI=1S/C23H22N4O4/c1-30-20-9-7-19(8-10-20)27-22(17-5-3-2-4-6-17)15-21(24-27)23(29)26(12-13-28)16-18-11-14-31-25-18/h2-11,14-15,28H,12-13,16H2,1H3. The van der Waals surface area contributed by atoms with Gasteiger partial charge in [-0.1, -0.05) is 35.5 Å². The molecule has 158 valence electrons. The van der Waals surface area contributed by atoms with Crippen molar-refractivity contribution >= 4 is 5.91 Å². The van der Waals surface area contributed by atoms with Crippen LogP contribution in [0.1, 0.15) is 16.2 Å². The molecule has 0 saturated heterocycles. The first-order valence-corrected chi connectivity index (χ1v) is 9.79. The first-order valence-electron chi connectivity index (χ1n) is 9.79. The van der Waals surface area contributed by atoms with Crippen molar-refractivity contribution in [3.63, 3.8) is 0 Å². The Bertz CT molecular complexity index is 1120. The average Bonchev–Trinajstić information content (AvgIpc) is 3.49. The van der Waals surface area contributed by atoms with Crippen molar-refractivity contribution < 1.29 is 19.2 Å². The highest BCUT2D eigenvalue weighted by Crippen LogP contribution is 2.26. The zero-order chi connectivity index (χ0) is 21.6. The molecule has 0 unspecified atom stereocenters. The topological polar surface area (TPSA) is 93.6 Å². The summed E-state index contributed by atoms with van der Waals surface area (Å²) >= 11 is 0. The van der Waals surface area contributed by atoms with E-state index in [1.54, 1.807) is 23.9 Å². The summed E-state index contributed by atoms with van der Waals surface area (Å²) in [6.07, 6.45) is 1.45. The molecule has 0 atom stereocenters. The van der Waals surface area contributed by atoms with Gasteiger partial charge in [-0.3, -0.25) is 4.79 Å².